The maximum absolute atomic E-state index is 16.2. The lowest BCUT2D eigenvalue weighted by molar-refractivity contribution is -0.0471. The van der Waals surface area contributed by atoms with Gasteiger partial charge in [0.05, 0.1) is 12.0 Å². The highest BCUT2D eigenvalue weighted by Crippen LogP contribution is 2.44. The molecule has 3 heterocycles. The standard InChI is InChI=1S/C22H39FIN5O3Si2/c1-21(2,3)33(7,8)30-11-13-16(32-34(9,10)22(4,5)6)15(23)20(31-13)29-19-14(17(24)28-29)18(25)26-12-27-19/h12-13,15-16,20H,11H2,1-10H3,(H2,25,26,27)/t13-,15+,16-,20-/m1/s1. The molecule has 1 aliphatic rings. The summed E-state index contributed by atoms with van der Waals surface area (Å²) in [4.78, 5) is 8.38. The van der Waals surface area contributed by atoms with Crippen LogP contribution in [0.25, 0.3) is 11.0 Å². The van der Waals surface area contributed by atoms with Crippen LogP contribution < -0.4 is 5.73 Å². The molecule has 0 amide bonds. The molecule has 34 heavy (non-hydrogen) atoms. The quantitative estimate of drug-likeness (QED) is 0.328. The molecule has 2 N–H and O–H groups in total. The first-order valence-electron chi connectivity index (χ1n) is 11.6. The second-order valence-corrected chi connectivity index (χ2v) is 22.7. The Bertz CT molecular complexity index is 1040. The summed E-state index contributed by atoms with van der Waals surface area (Å²) in [6, 6.07) is 0. The van der Waals surface area contributed by atoms with Gasteiger partial charge < -0.3 is 19.3 Å². The minimum Gasteiger partial charge on any atom is -0.414 e. The fraction of sp³-hybridized carbons (Fsp3) is 0.773. The van der Waals surface area contributed by atoms with Gasteiger partial charge in [0.15, 0.2) is 34.7 Å². The van der Waals surface area contributed by atoms with E-state index in [4.69, 9.17) is 19.3 Å². The third-order valence-corrected chi connectivity index (χ3v) is 17.4. The van der Waals surface area contributed by atoms with Gasteiger partial charge in [-0.3, -0.25) is 0 Å². The normalized spacial score (nSPS) is 24.8. The highest BCUT2D eigenvalue weighted by atomic mass is 127. The van der Waals surface area contributed by atoms with Gasteiger partial charge in [0, 0.05) is 0 Å². The fourth-order valence-electron chi connectivity index (χ4n) is 3.32. The highest BCUT2D eigenvalue weighted by Gasteiger charge is 2.53. The summed E-state index contributed by atoms with van der Waals surface area (Å²) in [5, 5.41) is 5.07. The van der Waals surface area contributed by atoms with Gasteiger partial charge in [0.1, 0.15) is 28.1 Å². The summed E-state index contributed by atoms with van der Waals surface area (Å²) in [6.07, 6.45) is -2.43. The summed E-state index contributed by atoms with van der Waals surface area (Å²) in [7, 11) is -4.37. The van der Waals surface area contributed by atoms with Gasteiger partial charge in [-0.15, -0.1) is 0 Å². The van der Waals surface area contributed by atoms with Crippen molar-refractivity contribution in [1.29, 1.82) is 0 Å². The number of nitrogen functional groups attached to an aromatic ring is 1. The molecule has 0 aromatic carbocycles. The van der Waals surface area contributed by atoms with Crippen molar-refractivity contribution in [2.45, 2.75) is 102 Å². The van der Waals surface area contributed by atoms with Crippen LogP contribution in [-0.4, -0.2) is 61.4 Å². The van der Waals surface area contributed by atoms with Crippen LogP contribution in [0, 0.1) is 3.70 Å². The van der Waals surface area contributed by atoms with Crippen LogP contribution in [0.1, 0.15) is 47.8 Å². The maximum Gasteiger partial charge on any atom is 0.192 e. The summed E-state index contributed by atoms with van der Waals surface area (Å²) in [6.45, 7) is 21.8. The van der Waals surface area contributed by atoms with Crippen LogP contribution in [0.3, 0.4) is 0 Å². The predicted molar refractivity (Wildman–Crippen MR) is 146 cm³/mol. The molecule has 3 rings (SSSR count). The number of ether oxygens (including phenoxy) is 1. The van der Waals surface area contributed by atoms with Crippen molar-refractivity contribution >= 4 is 56.1 Å². The fourth-order valence-corrected chi connectivity index (χ4v) is 6.40. The van der Waals surface area contributed by atoms with E-state index in [0.717, 1.165) is 0 Å². The van der Waals surface area contributed by atoms with E-state index in [1.54, 1.807) is 0 Å². The number of hydrogen-bond donors (Lipinski definition) is 1. The average molecular weight is 624 g/mol. The van der Waals surface area contributed by atoms with Gasteiger partial charge in [-0.2, -0.15) is 5.10 Å². The molecule has 1 aliphatic heterocycles. The van der Waals surface area contributed by atoms with Crippen LogP contribution >= 0.6 is 22.6 Å². The molecule has 0 radical (unpaired) electrons. The van der Waals surface area contributed by atoms with E-state index in [2.05, 4.69) is 105 Å². The lowest BCUT2D eigenvalue weighted by Gasteiger charge is -2.40. The van der Waals surface area contributed by atoms with Crippen molar-refractivity contribution in [2.24, 2.45) is 0 Å². The Kier molecular flexibility index (Phi) is 7.65. The number of rotatable bonds is 6. The lowest BCUT2D eigenvalue weighted by Crippen LogP contribution is -2.50. The largest absolute Gasteiger partial charge is 0.414 e. The molecule has 1 fully saturated rings. The highest BCUT2D eigenvalue weighted by molar-refractivity contribution is 14.1. The second kappa shape index (κ2) is 9.32. The Morgan fingerprint density at radius 2 is 1.68 bits per heavy atom. The number of nitrogens with zero attached hydrogens (tertiary/aromatic N) is 4. The molecular weight excluding hydrogens is 584 g/mol. The molecule has 0 bridgehead atoms. The Labute approximate surface area is 217 Å². The van der Waals surface area contributed by atoms with Gasteiger partial charge in [0.25, 0.3) is 0 Å². The number of aromatic nitrogens is 4. The zero-order valence-electron chi connectivity index (χ0n) is 21.9. The molecular formula is C22H39FIN5O3Si2. The Morgan fingerprint density at radius 1 is 1.09 bits per heavy atom. The van der Waals surface area contributed by atoms with E-state index in [9.17, 15) is 0 Å². The molecule has 0 saturated carbocycles. The van der Waals surface area contributed by atoms with Crippen molar-refractivity contribution in [1.82, 2.24) is 19.7 Å². The van der Waals surface area contributed by atoms with Crippen LogP contribution in [-0.2, 0) is 13.6 Å². The summed E-state index contributed by atoms with van der Waals surface area (Å²) >= 11 is 2.06. The van der Waals surface area contributed by atoms with Crippen molar-refractivity contribution in [2.75, 3.05) is 12.3 Å². The molecule has 2 aromatic rings. The van der Waals surface area contributed by atoms with Gasteiger partial charge in [0.2, 0.25) is 0 Å². The van der Waals surface area contributed by atoms with Gasteiger partial charge in [-0.25, -0.2) is 19.0 Å². The summed E-state index contributed by atoms with van der Waals surface area (Å²) in [5.41, 5.74) is 6.49. The molecule has 0 spiro atoms. The number of halogens is 2. The predicted octanol–water partition coefficient (Wildman–Crippen LogP) is 5.66. The van der Waals surface area contributed by atoms with Gasteiger partial charge in [-0.05, 0) is 58.9 Å². The molecule has 4 atom stereocenters. The molecule has 0 aliphatic carbocycles. The van der Waals surface area contributed by atoms with Crippen molar-refractivity contribution in [3.63, 3.8) is 0 Å². The number of fused-ring (bicyclic) bond motifs is 1. The molecule has 1 saturated heterocycles. The van der Waals surface area contributed by atoms with Crippen molar-refractivity contribution in [3.8, 4) is 0 Å². The third kappa shape index (κ3) is 5.21. The van der Waals surface area contributed by atoms with Gasteiger partial charge >= 0.3 is 0 Å². The van der Waals surface area contributed by atoms with E-state index in [1.807, 2.05) is 0 Å². The van der Waals surface area contributed by atoms with E-state index in [1.165, 1.54) is 11.0 Å². The minimum absolute atomic E-state index is 0.0264. The number of anilines is 1. The molecule has 192 valence electrons. The van der Waals surface area contributed by atoms with E-state index < -0.39 is 41.2 Å². The van der Waals surface area contributed by atoms with Crippen molar-refractivity contribution < 1.29 is 18.0 Å². The SMILES string of the molecule is CC(C)(C)[Si](C)(C)OC[C@H]1O[C@@H](n2nc(I)c3c(N)ncnc32)[C@@H](F)[C@@H]1O[Si](C)(C)C(C)(C)C. The Morgan fingerprint density at radius 3 is 2.24 bits per heavy atom. The summed E-state index contributed by atoms with van der Waals surface area (Å²) < 4.78 is 37.7. The van der Waals surface area contributed by atoms with Crippen LogP contribution in [0.2, 0.25) is 36.3 Å². The van der Waals surface area contributed by atoms with E-state index >= 15 is 4.39 Å². The number of nitrogens with two attached hydrogens (primary N) is 1. The van der Waals surface area contributed by atoms with Crippen LogP contribution in [0.5, 0.6) is 0 Å². The number of alkyl halides is 1. The number of hydrogen-bond acceptors (Lipinski definition) is 7. The maximum atomic E-state index is 16.2. The zero-order chi connectivity index (χ0) is 25.9. The minimum atomic E-state index is -2.29. The average Bonchev–Trinajstić information content (AvgIpc) is 3.16. The Balaban J connectivity index is 1.98. The third-order valence-electron chi connectivity index (χ3n) is 7.63. The monoisotopic (exact) mass is 623 g/mol. The Hall–Kier alpha value is -0.676. The lowest BCUT2D eigenvalue weighted by atomic mass is 10.1. The van der Waals surface area contributed by atoms with Crippen LogP contribution in [0.15, 0.2) is 6.33 Å². The van der Waals surface area contributed by atoms with Gasteiger partial charge in [-0.1, -0.05) is 41.5 Å². The first kappa shape index (κ1) is 27.9. The van der Waals surface area contributed by atoms with Crippen molar-refractivity contribution in [3.05, 3.63) is 10.0 Å². The molecule has 8 nitrogen and oxygen atoms in total. The van der Waals surface area contributed by atoms with E-state index in [0.29, 0.717) is 20.6 Å². The smallest absolute Gasteiger partial charge is 0.192 e. The first-order valence-corrected chi connectivity index (χ1v) is 18.5. The topological polar surface area (TPSA) is 97.3 Å². The van der Waals surface area contributed by atoms with Crippen LogP contribution in [0.4, 0.5) is 10.2 Å². The summed E-state index contributed by atoms with van der Waals surface area (Å²) in [5.74, 6) is 0.306. The molecule has 2 aromatic heterocycles. The second-order valence-electron chi connectivity index (χ2n) is 12.1. The molecule has 12 heteroatoms. The first-order chi connectivity index (χ1) is 15.4. The van der Waals surface area contributed by atoms with E-state index in [-0.39, 0.29) is 16.7 Å². The zero-order valence-corrected chi connectivity index (χ0v) is 26.1. The molecule has 0 unspecified atom stereocenters.